The van der Waals surface area contributed by atoms with E-state index in [1.807, 2.05) is 10.7 Å². The fourth-order valence-corrected chi connectivity index (χ4v) is 3.45. The van der Waals surface area contributed by atoms with E-state index in [1.165, 1.54) is 11.3 Å². The predicted octanol–water partition coefficient (Wildman–Crippen LogP) is 3.54. The first-order chi connectivity index (χ1) is 8.97. The highest BCUT2D eigenvalue weighted by atomic mass is 35.5. The molecule has 0 saturated heterocycles. The molecule has 19 heavy (non-hydrogen) atoms. The van der Waals surface area contributed by atoms with E-state index < -0.39 is 0 Å². The van der Waals surface area contributed by atoms with Crippen LogP contribution in [0.25, 0.3) is 0 Å². The lowest BCUT2D eigenvalue weighted by Crippen LogP contribution is -2.18. The van der Waals surface area contributed by atoms with Crippen molar-refractivity contribution in [2.24, 2.45) is 11.7 Å². The second-order valence-corrected chi connectivity index (χ2v) is 7.13. The Bertz CT molecular complexity index is 550. The highest BCUT2D eigenvalue weighted by Crippen LogP contribution is 2.35. The van der Waals surface area contributed by atoms with Crippen molar-refractivity contribution in [3.63, 3.8) is 0 Å². The van der Waals surface area contributed by atoms with Crippen LogP contribution in [0.3, 0.4) is 0 Å². The molecular weight excluding hydrogens is 303 g/mol. The summed E-state index contributed by atoms with van der Waals surface area (Å²) in [6.45, 7) is 5.11. The largest absolute Gasteiger partial charge is 0.324 e. The van der Waals surface area contributed by atoms with Crippen LogP contribution in [0.1, 0.15) is 31.3 Å². The molecule has 1 unspecified atom stereocenters. The maximum absolute atomic E-state index is 6.18. The van der Waals surface area contributed by atoms with Crippen LogP contribution in [-0.2, 0) is 13.0 Å². The van der Waals surface area contributed by atoms with E-state index in [0.29, 0.717) is 21.0 Å². The fraction of sp³-hybridized carbons (Fsp3) is 0.500. The third-order valence-corrected chi connectivity index (χ3v) is 4.24. The summed E-state index contributed by atoms with van der Waals surface area (Å²) in [6.07, 6.45) is 2.16. The summed E-state index contributed by atoms with van der Waals surface area (Å²) in [6, 6.07) is 1.61. The number of nitrogens with zero attached hydrogens (tertiary/aromatic N) is 3. The minimum Gasteiger partial charge on any atom is -0.324 e. The molecule has 104 valence electrons. The van der Waals surface area contributed by atoms with Crippen LogP contribution in [0.5, 0.6) is 0 Å². The number of thiophene rings is 1. The van der Waals surface area contributed by atoms with Crippen LogP contribution in [-0.4, -0.2) is 14.8 Å². The van der Waals surface area contributed by atoms with Gasteiger partial charge in [-0.25, -0.2) is 9.67 Å². The summed E-state index contributed by atoms with van der Waals surface area (Å²) >= 11 is 13.4. The van der Waals surface area contributed by atoms with Crippen molar-refractivity contribution in [3.8, 4) is 0 Å². The normalized spacial score (nSPS) is 13.2. The summed E-state index contributed by atoms with van der Waals surface area (Å²) in [5, 5.41) is 4.22. The first kappa shape index (κ1) is 14.8. The van der Waals surface area contributed by atoms with Gasteiger partial charge in [0.05, 0.1) is 8.67 Å². The zero-order valence-corrected chi connectivity index (χ0v) is 13.1. The number of nitrogens with two attached hydrogens (primary N) is 1. The Morgan fingerprint density at radius 1 is 1.42 bits per heavy atom. The van der Waals surface area contributed by atoms with Gasteiger partial charge in [-0.05, 0) is 12.0 Å². The SMILES string of the molecule is CC(C)Cn1ncnc1CC(N)c1cc(Cl)sc1Cl. The van der Waals surface area contributed by atoms with Crippen LogP contribution in [0, 0.1) is 5.92 Å². The van der Waals surface area contributed by atoms with Crippen molar-refractivity contribution in [2.75, 3.05) is 0 Å². The van der Waals surface area contributed by atoms with Crippen LogP contribution >= 0.6 is 34.5 Å². The van der Waals surface area contributed by atoms with Gasteiger partial charge in [-0.3, -0.25) is 0 Å². The van der Waals surface area contributed by atoms with Crippen molar-refractivity contribution in [3.05, 3.63) is 32.5 Å². The van der Waals surface area contributed by atoms with Gasteiger partial charge in [-0.2, -0.15) is 5.10 Å². The molecule has 0 saturated carbocycles. The van der Waals surface area contributed by atoms with E-state index in [0.717, 1.165) is 17.9 Å². The summed E-state index contributed by atoms with van der Waals surface area (Å²) in [5.41, 5.74) is 7.05. The summed E-state index contributed by atoms with van der Waals surface area (Å²) in [5.74, 6) is 1.38. The summed E-state index contributed by atoms with van der Waals surface area (Å²) < 4.78 is 3.19. The molecule has 0 aromatic carbocycles. The topological polar surface area (TPSA) is 56.7 Å². The first-order valence-electron chi connectivity index (χ1n) is 6.04. The molecule has 2 N–H and O–H groups in total. The number of hydrogen-bond acceptors (Lipinski definition) is 4. The highest BCUT2D eigenvalue weighted by Gasteiger charge is 2.17. The van der Waals surface area contributed by atoms with Gasteiger partial charge in [0.15, 0.2) is 0 Å². The third kappa shape index (κ3) is 3.69. The lowest BCUT2D eigenvalue weighted by atomic mass is 10.1. The molecule has 1 atom stereocenters. The van der Waals surface area contributed by atoms with Gasteiger partial charge >= 0.3 is 0 Å². The Hall–Kier alpha value is -0.620. The van der Waals surface area contributed by atoms with Gasteiger partial charge in [0.2, 0.25) is 0 Å². The Labute approximate surface area is 126 Å². The van der Waals surface area contributed by atoms with Crippen molar-refractivity contribution in [1.29, 1.82) is 0 Å². The number of rotatable bonds is 5. The van der Waals surface area contributed by atoms with Gasteiger partial charge < -0.3 is 5.73 Å². The van der Waals surface area contributed by atoms with Crippen LogP contribution < -0.4 is 5.73 Å². The van der Waals surface area contributed by atoms with E-state index in [1.54, 1.807) is 6.33 Å². The average molecular weight is 319 g/mol. The van der Waals surface area contributed by atoms with Gasteiger partial charge in [0.25, 0.3) is 0 Å². The lowest BCUT2D eigenvalue weighted by Gasteiger charge is -2.12. The zero-order chi connectivity index (χ0) is 14.0. The van der Waals surface area contributed by atoms with Crippen LogP contribution in [0.15, 0.2) is 12.4 Å². The average Bonchev–Trinajstić information content (AvgIpc) is 2.85. The van der Waals surface area contributed by atoms with Gasteiger partial charge in [0.1, 0.15) is 12.2 Å². The molecule has 2 heterocycles. The van der Waals surface area contributed by atoms with E-state index in [2.05, 4.69) is 23.9 Å². The second-order valence-electron chi connectivity index (χ2n) is 4.84. The molecule has 7 heteroatoms. The quantitative estimate of drug-likeness (QED) is 0.917. The molecule has 0 aliphatic heterocycles. The standard InChI is InChI=1S/C12H16Cl2N4S/c1-7(2)5-18-11(16-6-17-18)4-9(15)8-3-10(13)19-12(8)14/h3,6-7,9H,4-5,15H2,1-2H3. The van der Waals surface area contributed by atoms with E-state index >= 15 is 0 Å². The molecule has 0 amide bonds. The molecule has 0 aliphatic rings. The molecule has 2 rings (SSSR count). The molecule has 0 radical (unpaired) electrons. The Morgan fingerprint density at radius 3 is 2.74 bits per heavy atom. The Balaban J connectivity index is 2.13. The number of halogens is 2. The van der Waals surface area contributed by atoms with E-state index in [-0.39, 0.29) is 6.04 Å². The minimum absolute atomic E-state index is 0.216. The highest BCUT2D eigenvalue weighted by molar-refractivity contribution is 7.20. The van der Waals surface area contributed by atoms with Gasteiger partial charge in [0, 0.05) is 24.6 Å². The lowest BCUT2D eigenvalue weighted by molar-refractivity contribution is 0.459. The summed E-state index contributed by atoms with van der Waals surface area (Å²) in [7, 11) is 0. The maximum Gasteiger partial charge on any atom is 0.138 e. The van der Waals surface area contributed by atoms with Crippen molar-refractivity contribution in [1.82, 2.24) is 14.8 Å². The molecule has 0 bridgehead atoms. The first-order valence-corrected chi connectivity index (χ1v) is 7.61. The Morgan fingerprint density at radius 2 is 2.16 bits per heavy atom. The second kappa shape index (κ2) is 6.22. The van der Waals surface area contributed by atoms with Gasteiger partial charge in [-0.1, -0.05) is 37.0 Å². The monoisotopic (exact) mass is 318 g/mol. The smallest absolute Gasteiger partial charge is 0.138 e. The Kier molecular flexibility index (Phi) is 4.84. The van der Waals surface area contributed by atoms with Crippen LogP contribution in [0.2, 0.25) is 8.67 Å². The minimum atomic E-state index is -0.216. The molecule has 0 spiro atoms. The van der Waals surface area contributed by atoms with Crippen LogP contribution in [0.4, 0.5) is 0 Å². The summed E-state index contributed by atoms with van der Waals surface area (Å²) in [4.78, 5) is 4.27. The van der Waals surface area contributed by atoms with Crippen molar-refractivity contribution < 1.29 is 0 Å². The molecule has 0 fully saturated rings. The molecule has 0 aliphatic carbocycles. The van der Waals surface area contributed by atoms with Gasteiger partial charge in [-0.15, -0.1) is 11.3 Å². The molecule has 4 nitrogen and oxygen atoms in total. The van der Waals surface area contributed by atoms with E-state index in [9.17, 15) is 0 Å². The third-order valence-electron chi connectivity index (χ3n) is 2.72. The number of aromatic nitrogens is 3. The molecule has 2 aromatic rings. The van der Waals surface area contributed by atoms with E-state index in [4.69, 9.17) is 28.9 Å². The van der Waals surface area contributed by atoms with Crippen molar-refractivity contribution in [2.45, 2.75) is 32.9 Å². The zero-order valence-electron chi connectivity index (χ0n) is 10.8. The fourth-order valence-electron chi connectivity index (χ4n) is 1.86. The molecule has 2 aromatic heterocycles. The number of hydrogen-bond donors (Lipinski definition) is 1. The molecular formula is C12H16Cl2N4S. The van der Waals surface area contributed by atoms with Crippen molar-refractivity contribution >= 4 is 34.5 Å². The maximum atomic E-state index is 6.18. The predicted molar refractivity (Wildman–Crippen MR) is 79.8 cm³/mol.